The lowest BCUT2D eigenvalue weighted by molar-refractivity contribution is 0.571. The van der Waals surface area contributed by atoms with E-state index in [1.807, 2.05) is 0 Å². The van der Waals surface area contributed by atoms with Crippen molar-refractivity contribution in [2.45, 2.75) is 19.4 Å². The van der Waals surface area contributed by atoms with Gasteiger partial charge in [0.25, 0.3) is 0 Å². The third-order valence-corrected chi connectivity index (χ3v) is 2.11. The minimum atomic E-state index is 0.468. The van der Waals surface area contributed by atoms with E-state index in [2.05, 4.69) is 9.94 Å². The van der Waals surface area contributed by atoms with Crippen LogP contribution in [0.4, 0.5) is 11.5 Å². The van der Waals surface area contributed by atoms with Gasteiger partial charge in [0.15, 0.2) is 0 Å². The number of anilines is 1. The molecule has 2 rings (SSSR count). The molecule has 1 aromatic heterocycles. The van der Waals surface area contributed by atoms with Crippen LogP contribution < -0.4 is 5.73 Å². The van der Waals surface area contributed by atoms with E-state index in [1.54, 1.807) is 4.68 Å². The summed E-state index contributed by atoms with van der Waals surface area (Å²) in [6.07, 6.45) is 4.07. The van der Waals surface area contributed by atoms with Crippen molar-refractivity contribution in [1.29, 1.82) is 0 Å². The van der Waals surface area contributed by atoms with Crippen LogP contribution >= 0.6 is 0 Å². The molecule has 0 atom stereocenters. The molecule has 0 amide bonds. The highest BCUT2D eigenvalue weighted by Crippen LogP contribution is 2.32. The van der Waals surface area contributed by atoms with E-state index in [0.29, 0.717) is 11.5 Å². The molecule has 4 heteroatoms. The van der Waals surface area contributed by atoms with E-state index in [9.17, 15) is 0 Å². The van der Waals surface area contributed by atoms with Crippen molar-refractivity contribution in [3.05, 3.63) is 17.6 Å². The van der Waals surface area contributed by atoms with Crippen molar-refractivity contribution in [2.24, 2.45) is 5.92 Å². The van der Waals surface area contributed by atoms with Gasteiger partial charge in [-0.1, -0.05) is 0 Å². The standard InChI is InChI=1S/C8H10N4/c1-10-7-4-11-12(8(7)9)5-6-2-3-6/h4,6H,2-3,5,9H2. The molecule has 1 saturated carbocycles. The Bertz CT molecular complexity index is 329. The van der Waals surface area contributed by atoms with E-state index in [1.165, 1.54) is 19.0 Å². The number of nitrogen functional groups attached to an aromatic ring is 1. The first-order valence-corrected chi connectivity index (χ1v) is 4.00. The lowest BCUT2D eigenvalue weighted by atomic mass is 10.4. The average molecular weight is 162 g/mol. The third-order valence-electron chi connectivity index (χ3n) is 2.11. The first kappa shape index (κ1) is 7.17. The summed E-state index contributed by atoms with van der Waals surface area (Å²) in [4.78, 5) is 3.26. The van der Waals surface area contributed by atoms with Gasteiger partial charge in [-0.25, -0.2) is 4.85 Å². The molecule has 0 bridgehead atoms. The van der Waals surface area contributed by atoms with E-state index < -0.39 is 0 Å². The molecule has 1 fully saturated rings. The summed E-state index contributed by atoms with van der Waals surface area (Å²) in [5.74, 6) is 1.25. The molecule has 0 aromatic carbocycles. The summed E-state index contributed by atoms with van der Waals surface area (Å²) in [5, 5.41) is 4.04. The van der Waals surface area contributed by atoms with Gasteiger partial charge in [-0.2, -0.15) is 5.10 Å². The van der Waals surface area contributed by atoms with Crippen molar-refractivity contribution in [3.8, 4) is 0 Å². The predicted octanol–water partition coefficient (Wildman–Crippen LogP) is 1.43. The van der Waals surface area contributed by atoms with Crippen molar-refractivity contribution in [1.82, 2.24) is 9.78 Å². The minimum Gasteiger partial charge on any atom is -0.393 e. The molecule has 0 spiro atoms. The summed E-state index contributed by atoms with van der Waals surface area (Å²) >= 11 is 0. The topological polar surface area (TPSA) is 48.2 Å². The van der Waals surface area contributed by atoms with E-state index in [0.717, 1.165) is 12.5 Å². The Kier molecular flexibility index (Phi) is 1.51. The number of nitrogens with zero attached hydrogens (tertiary/aromatic N) is 3. The van der Waals surface area contributed by atoms with Crippen LogP contribution in [0.2, 0.25) is 0 Å². The largest absolute Gasteiger partial charge is 0.393 e. The predicted molar refractivity (Wildman–Crippen MR) is 45.6 cm³/mol. The Balaban J connectivity index is 2.20. The lowest BCUT2D eigenvalue weighted by Gasteiger charge is -2.01. The van der Waals surface area contributed by atoms with Gasteiger partial charge in [0.1, 0.15) is 5.82 Å². The molecule has 62 valence electrons. The summed E-state index contributed by atoms with van der Waals surface area (Å²) < 4.78 is 1.73. The second-order valence-corrected chi connectivity index (χ2v) is 3.15. The molecule has 1 aromatic rings. The quantitative estimate of drug-likeness (QED) is 0.668. The Morgan fingerprint density at radius 2 is 2.50 bits per heavy atom. The molecular weight excluding hydrogens is 152 g/mol. The van der Waals surface area contributed by atoms with E-state index >= 15 is 0 Å². The van der Waals surface area contributed by atoms with Crippen molar-refractivity contribution < 1.29 is 0 Å². The average Bonchev–Trinajstić information content (AvgIpc) is 2.80. The minimum absolute atomic E-state index is 0.468. The van der Waals surface area contributed by atoms with Crippen molar-refractivity contribution in [3.63, 3.8) is 0 Å². The van der Waals surface area contributed by atoms with Crippen LogP contribution in [0.25, 0.3) is 4.85 Å². The van der Waals surface area contributed by atoms with Crippen molar-refractivity contribution in [2.75, 3.05) is 5.73 Å². The van der Waals surface area contributed by atoms with Gasteiger partial charge < -0.3 is 5.73 Å². The van der Waals surface area contributed by atoms with Crippen LogP contribution in [0.15, 0.2) is 6.20 Å². The summed E-state index contributed by atoms with van der Waals surface area (Å²) in [6, 6.07) is 0. The number of rotatable bonds is 2. The Labute approximate surface area is 70.8 Å². The van der Waals surface area contributed by atoms with Gasteiger partial charge in [-0.15, -0.1) is 0 Å². The van der Waals surface area contributed by atoms with Gasteiger partial charge in [-0.05, 0) is 18.8 Å². The van der Waals surface area contributed by atoms with Gasteiger partial charge in [-0.3, -0.25) is 4.68 Å². The molecule has 1 aliphatic carbocycles. The van der Waals surface area contributed by atoms with E-state index in [-0.39, 0.29) is 0 Å². The highest BCUT2D eigenvalue weighted by Gasteiger charge is 2.23. The third kappa shape index (κ3) is 1.14. The van der Waals surface area contributed by atoms with Crippen LogP contribution in [0, 0.1) is 12.5 Å². The zero-order valence-electron chi connectivity index (χ0n) is 6.70. The SMILES string of the molecule is [C-]#[N+]c1cnn(CC2CC2)c1N. The van der Waals surface area contributed by atoms with E-state index in [4.69, 9.17) is 12.3 Å². The fraction of sp³-hybridized carbons (Fsp3) is 0.500. The highest BCUT2D eigenvalue weighted by molar-refractivity contribution is 5.61. The van der Waals surface area contributed by atoms with Crippen LogP contribution in [0.1, 0.15) is 12.8 Å². The first-order chi connectivity index (χ1) is 5.81. The molecule has 0 saturated heterocycles. The van der Waals surface area contributed by atoms with Gasteiger partial charge in [0.05, 0.1) is 12.8 Å². The monoisotopic (exact) mass is 162 g/mol. The number of hydrogen-bond donors (Lipinski definition) is 1. The Morgan fingerprint density at radius 1 is 1.75 bits per heavy atom. The maximum atomic E-state index is 6.79. The fourth-order valence-corrected chi connectivity index (χ4v) is 1.16. The Morgan fingerprint density at radius 3 is 3.00 bits per heavy atom. The van der Waals surface area contributed by atoms with Crippen molar-refractivity contribution >= 4 is 11.5 Å². The molecule has 2 N–H and O–H groups in total. The normalized spacial score (nSPS) is 15.9. The zero-order chi connectivity index (χ0) is 8.55. The molecular formula is C8H10N4. The van der Waals surface area contributed by atoms with Crippen LogP contribution in [-0.2, 0) is 6.54 Å². The Hall–Kier alpha value is -1.50. The number of aromatic nitrogens is 2. The second kappa shape index (κ2) is 2.52. The molecule has 12 heavy (non-hydrogen) atoms. The van der Waals surface area contributed by atoms with Gasteiger partial charge in [0.2, 0.25) is 5.69 Å². The molecule has 1 aliphatic rings. The summed E-state index contributed by atoms with van der Waals surface area (Å²) in [7, 11) is 0. The first-order valence-electron chi connectivity index (χ1n) is 4.00. The highest BCUT2D eigenvalue weighted by atomic mass is 15.3. The molecule has 1 heterocycles. The lowest BCUT2D eigenvalue weighted by Crippen LogP contribution is -2.05. The maximum absolute atomic E-state index is 6.79. The molecule has 4 nitrogen and oxygen atoms in total. The van der Waals surface area contributed by atoms with Crippen LogP contribution in [0.3, 0.4) is 0 Å². The van der Waals surface area contributed by atoms with Gasteiger partial charge in [0, 0.05) is 6.54 Å². The zero-order valence-corrected chi connectivity index (χ0v) is 6.70. The van der Waals surface area contributed by atoms with Crippen LogP contribution in [-0.4, -0.2) is 9.78 Å². The second-order valence-electron chi connectivity index (χ2n) is 3.15. The molecule has 0 unspecified atom stereocenters. The number of nitrogens with two attached hydrogens (primary N) is 1. The molecule has 0 aliphatic heterocycles. The number of hydrogen-bond acceptors (Lipinski definition) is 2. The smallest absolute Gasteiger partial charge is 0.247 e. The summed E-state index contributed by atoms with van der Waals surface area (Å²) in [6.45, 7) is 7.66. The molecule has 0 radical (unpaired) electrons. The summed E-state index contributed by atoms with van der Waals surface area (Å²) in [5.41, 5.74) is 6.14. The van der Waals surface area contributed by atoms with Gasteiger partial charge >= 0.3 is 0 Å². The maximum Gasteiger partial charge on any atom is 0.247 e. The fourth-order valence-electron chi connectivity index (χ4n) is 1.16. The van der Waals surface area contributed by atoms with Crippen LogP contribution in [0.5, 0.6) is 0 Å².